The van der Waals surface area contributed by atoms with Gasteiger partial charge in [0.1, 0.15) is 6.54 Å². The molecule has 2 bridgehead atoms. The lowest BCUT2D eigenvalue weighted by Crippen LogP contribution is -2.42. The lowest BCUT2D eigenvalue weighted by atomic mass is 9.68. The highest BCUT2D eigenvalue weighted by Crippen LogP contribution is 2.68. The number of amides is 2. The second-order valence-electron chi connectivity index (χ2n) is 9.81. The molecule has 3 fully saturated rings. The average Bonchev–Trinajstić information content (AvgIpc) is 3.49. The number of hydrogen-bond donors (Lipinski definition) is 1. The van der Waals surface area contributed by atoms with E-state index in [9.17, 15) is 19.2 Å². The molecule has 0 spiro atoms. The molecule has 2 aromatic rings. The zero-order valence-electron chi connectivity index (χ0n) is 18.5. The van der Waals surface area contributed by atoms with Crippen molar-refractivity contribution >= 4 is 56.8 Å². The summed E-state index contributed by atoms with van der Waals surface area (Å²) in [5.41, 5.74) is 1.12. The first-order chi connectivity index (χ1) is 16.2. The maximum absolute atomic E-state index is 13.5. The van der Waals surface area contributed by atoms with Crippen LogP contribution >= 0.6 is 39.0 Å². The zero-order chi connectivity index (χ0) is 23.9. The second-order valence-corrected chi connectivity index (χ2v) is 12.9. The summed E-state index contributed by atoms with van der Waals surface area (Å²) < 4.78 is 6.18. The molecule has 7 atom stereocenters. The Kier molecular flexibility index (Phi) is 5.35. The van der Waals surface area contributed by atoms with Gasteiger partial charge in [-0.05, 0) is 55.7 Å². The van der Waals surface area contributed by atoms with E-state index in [1.807, 2.05) is 12.1 Å². The molecule has 2 aliphatic carbocycles. The molecule has 0 radical (unpaired) electrons. The number of esters is 1. The number of aromatic nitrogens is 1. The number of thiazole rings is 1. The molecule has 7 nitrogen and oxygen atoms in total. The predicted molar refractivity (Wildman–Crippen MR) is 131 cm³/mol. The lowest BCUT2D eigenvalue weighted by Gasteiger charge is -2.43. The molecule has 4 aliphatic rings. The topological polar surface area (TPSA) is 96.5 Å². The minimum atomic E-state index is -0.552. The van der Waals surface area contributed by atoms with E-state index in [2.05, 4.69) is 33.0 Å². The molecule has 34 heavy (non-hydrogen) atoms. The van der Waals surface area contributed by atoms with Gasteiger partial charge in [0.15, 0.2) is 0 Å². The Hall–Kier alpha value is -1.91. The molecule has 1 aromatic carbocycles. The number of H-pyrrole nitrogens is 1. The molecule has 10 heteroatoms. The molecule has 1 aromatic heterocycles. The third-order valence-electron chi connectivity index (χ3n) is 7.70. The van der Waals surface area contributed by atoms with Crippen molar-refractivity contribution in [2.45, 2.75) is 42.6 Å². The van der Waals surface area contributed by atoms with E-state index in [1.165, 1.54) is 11.3 Å². The number of likely N-dealkylation sites (tertiary alicyclic amines) is 1. The van der Waals surface area contributed by atoms with Crippen molar-refractivity contribution in [1.29, 1.82) is 0 Å². The third-order valence-corrected chi connectivity index (χ3v) is 10.8. The summed E-state index contributed by atoms with van der Waals surface area (Å²) in [7, 11) is 0. The smallest absolute Gasteiger partial charge is 0.326 e. The van der Waals surface area contributed by atoms with Gasteiger partial charge in [0.2, 0.25) is 11.8 Å². The number of thioether (sulfide) groups is 1. The van der Waals surface area contributed by atoms with Crippen LogP contribution in [0.5, 0.6) is 0 Å². The van der Waals surface area contributed by atoms with Crippen LogP contribution in [0.25, 0.3) is 0 Å². The standard InChI is InChI=1S/C24H23BrN2O5S2/c1-9(2)32-14(28)8-27-22(29)17-12-7-13(18(17)23(27)30)19-16(12)15(10-3-5-11(25)6-4-10)20-21(33-19)26-24(31)34-20/h3-6,9,12-13,15-19H,7-8H2,1-2H3,(H,26,31). The number of fused-ring (bicyclic) bond motifs is 9. The number of benzene rings is 1. The van der Waals surface area contributed by atoms with Crippen LogP contribution in [0.2, 0.25) is 0 Å². The van der Waals surface area contributed by atoms with Crippen LogP contribution in [0.3, 0.4) is 0 Å². The summed E-state index contributed by atoms with van der Waals surface area (Å²) in [6.45, 7) is 3.17. The highest BCUT2D eigenvalue weighted by atomic mass is 79.9. The van der Waals surface area contributed by atoms with Crippen LogP contribution < -0.4 is 4.87 Å². The summed E-state index contributed by atoms with van der Waals surface area (Å²) in [5, 5.41) is 1.03. The molecular weight excluding hydrogens is 540 g/mol. The van der Waals surface area contributed by atoms with Crippen LogP contribution in [0.15, 0.2) is 38.6 Å². The number of imide groups is 1. The molecule has 2 amide bonds. The van der Waals surface area contributed by atoms with Gasteiger partial charge in [0, 0.05) is 20.5 Å². The highest BCUT2D eigenvalue weighted by molar-refractivity contribution is 9.10. The van der Waals surface area contributed by atoms with Crippen molar-refractivity contribution in [2.24, 2.45) is 29.6 Å². The first-order valence-corrected chi connectivity index (χ1v) is 13.9. The van der Waals surface area contributed by atoms with E-state index in [0.717, 1.165) is 31.3 Å². The van der Waals surface area contributed by atoms with Gasteiger partial charge in [0.25, 0.3) is 0 Å². The van der Waals surface area contributed by atoms with Crippen molar-refractivity contribution in [2.75, 3.05) is 6.54 Å². The SMILES string of the molecule is CC(C)OC(=O)CN1C(=O)C2C3CC(C2C1=O)C1C(c2ccc(Br)cc2)c2sc(=O)[nH]c2SC31. The number of nitrogens with one attached hydrogen (secondary N) is 1. The van der Waals surface area contributed by atoms with E-state index < -0.39 is 17.8 Å². The number of aromatic amines is 1. The van der Waals surface area contributed by atoms with E-state index in [-0.39, 0.29) is 58.3 Å². The fourth-order valence-electron chi connectivity index (χ4n) is 6.71. The largest absolute Gasteiger partial charge is 0.462 e. The molecule has 6 rings (SSSR count). The Morgan fingerprint density at radius 2 is 1.82 bits per heavy atom. The van der Waals surface area contributed by atoms with Crippen molar-refractivity contribution in [3.05, 3.63) is 48.8 Å². The first-order valence-electron chi connectivity index (χ1n) is 11.4. The van der Waals surface area contributed by atoms with Crippen molar-refractivity contribution in [3.63, 3.8) is 0 Å². The molecule has 7 unspecified atom stereocenters. The minimum Gasteiger partial charge on any atom is -0.462 e. The normalized spacial score (nSPS) is 33.3. The maximum Gasteiger partial charge on any atom is 0.326 e. The van der Waals surface area contributed by atoms with Crippen LogP contribution in [0.4, 0.5) is 0 Å². The number of hydrogen-bond acceptors (Lipinski definition) is 7. The molecule has 2 aliphatic heterocycles. The van der Waals surface area contributed by atoms with Crippen molar-refractivity contribution < 1.29 is 19.1 Å². The number of carbonyl (C=O) groups excluding carboxylic acids is 3. The quantitative estimate of drug-likeness (QED) is 0.451. The Morgan fingerprint density at radius 1 is 1.15 bits per heavy atom. The van der Waals surface area contributed by atoms with Gasteiger partial charge in [-0.25, -0.2) is 0 Å². The Labute approximate surface area is 212 Å². The molecule has 2 saturated carbocycles. The predicted octanol–water partition coefficient (Wildman–Crippen LogP) is 3.62. The van der Waals surface area contributed by atoms with Gasteiger partial charge < -0.3 is 9.72 Å². The number of nitrogens with zero attached hydrogens (tertiary/aromatic N) is 1. The summed E-state index contributed by atoms with van der Waals surface area (Å²) in [5.74, 6) is -1.61. The summed E-state index contributed by atoms with van der Waals surface area (Å²) in [6, 6.07) is 8.16. The number of halogens is 1. The zero-order valence-corrected chi connectivity index (χ0v) is 21.7. The van der Waals surface area contributed by atoms with Gasteiger partial charge in [-0.15, -0.1) is 11.8 Å². The van der Waals surface area contributed by atoms with Crippen LogP contribution in [-0.4, -0.2) is 45.6 Å². The lowest BCUT2D eigenvalue weighted by molar-refractivity contribution is -0.155. The summed E-state index contributed by atoms with van der Waals surface area (Å²) in [6.07, 6.45) is 0.522. The Balaban J connectivity index is 1.37. The monoisotopic (exact) mass is 562 g/mol. The van der Waals surface area contributed by atoms with Crippen LogP contribution in [-0.2, 0) is 19.1 Å². The van der Waals surface area contributed by atoms with Crippen LogP contribution in [0.1, 0.15) is 36.6 Å². The van der Waals surface area contributed by atoms with Gasteiger partial charge in [-0.1, -0.05) is 39.4 Å². The van der Waals surface area contributed by atoms with Crippen molar-refractivity contribution in [1.82, 2.24) is 9.88 Å². The third kappa shape index (κ3) is 3.28. The molecule has 1 saturated heterocycles. The average molecular weight is 563 g/mol. The number of rotatable bonds is 4. The van der Waals surface area contributed by atoms with Gasteiger partial charge >= 0.3 is 10.8 Å². The van der Waals surface area contributed by atoms with E-state index in [4.69, 9.17) is 4.74 Å². The molecule has 178 valence electrons. The molecule has 1 N–H and O–H groups in total. The van der Waals surface area contributed by atoms with E-state index in [0.29, 0.717) is 0 Å². The van der Waals surface area contributed by atoms with Crippen LogP contribution in [0, 0.1) is 29.6 Å². The molecular formula is C24H23BrN2O5S2. The first kappa shape index (κ1) is 22.5. The molecule has 3 heterocycles. The number of ether oxygens (including phenoxy) is 1. The Bertz CT molecular complexity index is 1250. The van der Waals surface area contributed by atoms with Gasteiger partial charge in [-0.2, -0.15) is 0 Å². The van der Waals surface area contributed by atoms with E-state index >= 15 is 0 Å². The summed E-state index contributed by atoms with van der Waals surface area (Å²) >= 11 is 6.41. The van der Waals surface area contributed by atoms with E-state index in [1.54, 1.807) is 25.6 Å². The highest BCUT2D eigenvalue weighted by Gasteiger charge is 2.69. The second kappa shape index (κ2) is 8.06. The van der Waals surface area contributed by atoms with Gasteiger partial charge in [0.05, 0.1) is 23.0 Å². The fourth-order valence-corrected chi connectivity index (χ4v) is 9.86. The fraction of sp³-hybridized carbons (Fsp3) is 0.500. The summed E-state index contributed by atoms with van der Waals surface area (Å²) in [4.78, 5) is 56.4. The minimum absolute atomic E-state index is 0.00268. The van der Waals surface area contributed by atoms with Gasteiger partial charge in [-0.3, -0.25) is 24.1 Å². The maximum atomic E-state index is 13.5. The Morgan fingerprint density at radius 3 is 2.50 bits per heavy atom. The number of carbonyl (C=O) groups is 3. The van der Waals surface area contributed by atoms with Crippen molar-refractivity contribution in [3.8, 4) is 0 Å².